The van der Waals surface area contributed by atoms with E-state index in [1.165, 1.54) is 0 Å². The molecule has 2 heterocycles. The third-order valence-corrected chi connectivity index (χ3v) is 4.11. The van der Waals surface area contributed by atoms with E-state index in [0.717, 1.165) is 16.8 Å². The van der Waals surface area contributed by atoms with E-state index in [1.807, 2.05) is 32.9 Å². The van der Waals surface area contributed by atoms with E-state index >= 15 is 0 Å². The van der Waals surface area contributed by atoms with Crippen LogP contribution in [0.3, 0.4) is 0 Å². The number of aromatic nitrogens is 2. The summed E-state index contributed by atoms with van der Waals surface area (Å²) in [7, 11) is 0. The Bertz CT molecular complexity index is 743. The number of carbonyl (C=O) groups is 1. The summed E-state index contributed by atoms with van der Waals surface area (Å²) in [5.74, 6) is 0. The lowest BCUT2D eigenvalue weighted by Gasteiger charge is -2.36. The van der Waals surface area contributed by atoms with Gasteiger partial charge in [-0.2, -0.15) is 0 Å². The van der Waals surface area contributed by atoms with Crippen molar-refractivity contribution in [1.29, 1.82) is 0 Å². The Hall–Kier alpha value is -2.47. The van der Waals surface area contributed by atoms with Gasteiger partial charge in [0.05, 0.1) is 31.1 Å². The SMILES string of the molecule is CC(C)(C)OC(=O)N1CCOC[C@H]1Cc1cccc(-c2cnccn2)c1. The average Bonchev–Trinajstić information content (AvgIpc) is 2.62. The van der Waals surface area contributed by atoms with Crippen molar-refractivity contribution in [2.24, 2.45) is 0 Å². The van der Waals surface area contributed by atoms with Gasteiger partial charge in [0.2, 0.25) is 0 Å². The molecule has 1 fully saturated rings. The number of amides is 1. The van der Waals surface area contributed by atoms with Crippen LogP contribution in [-0.4, -0.2) is 52.4 Å². The minimum atomic E-state index is -0.508. The number of carbonyl (C=O) groups excluding carboxylic acids is 1. The molecule has 0 saturated carbocycles. The van der Waals surface area contributed by atoms with Crippen LogP contribution in [0.15, 0.2) is 42.9 Å². The summed E-state index contributed by atoms with van der Waals surface area (Å²) in [6, 6.07) is 8.11. The topological polar surface area (TPSA) is 64.5 Å². The Labute approximate surface area is 154 Å². The van der Waals surface area contributed by atoms with Crippen LogP contribution in [0.25, 0.3) is 11.3 Å². The Morgan fingerprint density at radius 1 is 1.35 bits per heavy atom. The van der Waals surface area contributed by atoms with Gasteiger partial charge in [0.1, 0.15) is 5.60 Å². The maximum absolute atomic E-state index is 12.5. The van der Waals surface area contributed by atoms with Crippen LogP contribution in [0.1, 0.15) is 26.3 Å². The van der Waals surface area contributed by atoms with Crippen molar-refractivity contribution in [3.63, 3.8) is 0 Å². The number of hydrogen-bond acceptors (Lipinski definition) is 5. The molecule has 138 valence electrons. The standard InChI is InChI=1S/C20H25N3O3/c1-20(2,3)26-19(24)23-9-10-25-14-17(23)12-15-5-4-6-16(11-15)18-13-21-7-8-22-18/h4-8,11,13,17H,9-10,12,14H2,1-3H3/t17-/m1/s1. The highest BCUT2D eigenvalue weighted by molar-refractivity contribution is 5.69. The third kappa shape index (κ3) is 4.79. The minimum absolute atomic E-state index is 0.0456. The zero-order chi connectivity index (χ0) is 18.6. The zero-order valence-electron chi connectivity index (χ0n) is 15.5. The first-order valence-electron chi connectivity index (χ1n) is 8.85. The van der Waals surface area contributed by atoms with E-state index in [2.05, 4.69) is 22.1 Å². The molecule has 1 aromatic heterocycles. The first-order chi connectivity index (χ1) is 12.4. The van der Waals surface area contributed by atoms with Gasteiger partial charge < -0.3 is 14.4 Å². The maximum Gasteiger partial charge on any atom is 0.410 e. The Kier molecular flexibility index (Phi) is 5.52. The van der Waals surface area contributed by atoms with Gasteiger partial charge in [-0.25, -0.2) is 4.79 Å². The number of morpholine rings is 1. The summed E-state index contributed by atoms with van der Waals surface area (Å²) in [6.07, 6.45) is 5.51. The molecule has 0 radical (unpaired) electrons. The molecule has 0 aliphatic carbocycles. The fourth-order valence-corrected chi connectivity index (χ4v) is 2.96. The predicted octanol–water partition coefficient (Wildman–Crippen LogP) is 3.32. The van der Waals surface area contributed by atoms with Crippen LogP contribution in [-0.2, 0) is 15.9 Å². The van der Waals surface area contributed by atoms with Crippen LogP contribution < -0.4 is 0 Å². The summed E-state index contributed by atoms with van der Waals surface area (Å²) in [4.78, 5) is 22.8. The van der Waals surface area contributed by atoms with Gasteiger partial charge in [0.25, 0.3) is 0 Å². The minimum Gasteiger partial charge on any atom is -0.444 e. The second kappa shape index (κ2) is 7.83. The van der Waals surface area contributed by atoms with Crippen molar-refractivity contribution >= 4 is 6.09 Å². The Morgan fingerprint density at radius 3 is 2.92 bits per heavy atom. The van der Waals surface area contributed by atoms with E-state index in [1.54, 1.807) is 23.5 Å². The molecule has 0 spiro atoms. The maximum atomic E-state index is 12.5. The van der Waals surface area contributed by atoms with Gasteiger partial charge in [-0.15, -0.1) is 0 Å². The molecule has 0 bridgehead atoms. The second-order valence-electron chi connectivity index (χ2n) is 7.40. The molecule has 1 aliphatic rings. The van der Waals surface area contributed by atoms with Gasteiger partial charge in [0, 0.05) is 24.5 Å². The lowest BCUT2D eigenvalue weighted by molar-refractivity contribution is -0.0319. The normalized spacial score (nSPS) is 17.8. The molecular weight excluding hydrogens is 330 g/mol. The van der Waals surface area contributed by atoms with E-state index in [0.29, 0.717) is 26.2 Å². The molecule has 1 amide bonds. The van der Waals surface area contributed by atoms with Crippen LogP contribution >= 0.6 is 0 Å². The lowest BCUT2D eigenvalue weighted by Crippen LogP contribution is -2.51. The molecule has 26 heavy (non-hydrogen) atoms. The summed E-state index contributed by atoms with van der Waals surface area (Å²) in [5, 5.41) is 0. The van der Waals surface area contributed by atoms with Crippen molar-refractivity contribution in [3.8, 4) is 11.3 Å². The molecule has 6 heteroatoms. The molecule has 1 atom stereocenters. The first kappa shape index (κ1) is 18.3. The van der Waals surface area contributed by atoms with Crippen molar-refractivity contribution < 1.29 is 14.3 Å². The van der Waals surface area contributed by atoms with Crippen molar-refractivity contribution in [1.82, 2.24) is 14.9 Å². The van der Waals surface area contributed by atoms with Crippen LogP contribution in [0.5, 0.6) is 0 Å². The Morgan fingerprint density at radius 2 is 2.19 bits per heavy atom. The largest absolute Gasteiger partial charge is 0.444 e. The van der Waals surface area contributed by atoms with Crippen molar-refractivity contribution in [2.45, 2.75) is 38.8 Å². The summed E-state index contributed by atoms with van der Waals surface area (Å²) in [5.41, 5.74) is 2.46. The summed E-state index contributed by atoms with van der Waals surface area (Å²) < 4.78 is 11.2. The van der Waals surface area contributed by atoms with Crippen LogP contribution in [0.2, 0.25) is 0 Å². The molecular formula is C20H25N3O3. The number of rotatable bonds is 3. The van der Waals surface area contributed by atoms with Gasteiger partial charge in [0.15, 0.2) is 0 Å². The monoisotopic (exact) mass is 355 g/mol. The quantitative estimate of drug-likeness (QED) is 0.845. The van der Waals surface area contributed by atoms with E-state index in [-0.39, 0.29) is 12.1 Å². The van der Waals surface area contributed by atoms with E-state index in [9.17, 15) is 4.79 Å². The second-order valence-corrected chi connectivity index (χ2v) is 7.40. The highest BCUT2D eigenvalue weighted by Gasteiger charge is 2.31. The molecule has 1 aromatic carbocycles. The molecule has 6 nitrogen and oxygen atoms in total. The number of hydrogen-bond donors (Lipinski definition) is 0. The molecule has 3 rings (SSSR count). The molecule has 1 saturated heterocycles. The lowest BCUT2D eigenvalue weighted by atomic mass is 10.0. The number of ether oxygens (including phenoxy) is 2. The zero-order valence-corrected chi connectivity index (χ0v) is 15.5. The highest BCUT2D eigenvalue weighted by atomic mass is 16.6. The first-order valence-corrected chi connectivity index (χ1v) is 8.85. The smallest absolute Gasteiger partial charge is 0.410 e. The fourth-order valence-electron chi connectivity index (χ4n) is 2.96. The van der Waals surface area contributed by atoms with Crippen LogP contribution in [0, 0.1) is 0 Å². The molecule has 0 unspecified atom stereocenters. The average molecular weight is 355 g/mol. The fraction of sp³-hybridized carbons (Fsp3) is 0.450. The van der Waals surface area contributed by atoms with Crippen LogP contribution in [0.4, 0.5) is 4.79 Å². The highest BCUT2D eigenvalue weighted by Crippen LogP contribution is 2.21. The van der Waals surface area contributed by atoms with Gasteiger partial charge in [-0.05, 0) is 38.8 Å². The summed E-state index contributed by atoms with van der Waals surface area (Å²) in [6.45, 7) is 7.23. The van der Waals surface area contributed by atoms with E-state index in [4.69, 9.17) is 9.47 Å². The van der Waals surface area contributed by atoms with Crippen molar-refractivity contribution in [3.05, 3.63) is 48.4 Å². The molecule has 1 aliphatic heterocycles. The van der Waals surface area contributed by atoms with Gasteiger partial charge >= 0.3 is 6.09 Å². The van der Waals surface area contributed by atoms with E-state index < -0.39 is 5.60 Å². The predicted molar refractivity (Wildman–Crippen MR) is 98.7 cm³/mol. The molecule has 0 N–H and O–H groups in total. The van der Waals surface area contributed by atoms with Crippen molar-refractivity contribution in [2.75, 3.05) is 19.8 Å². The van der Waals surface area contributed by atoms with Gasteiger partial charge in [-0.3, -0.25) is 9.97 Å². The Balaban J connectivity index is 1.75. The number of benzene rings is 1. The third-order valence-electron chi connectivity index (χ3n) is 4.11. The number of nitrogens with zero attached hydrogens (tertiary/aromatic N) is 3. The molecule has 2 aromatic rings. The van der Waals surface area contributed by atoms with Gasteiger partial charge in [-0.1, -0.05) is 18.2 Å². The summed E-state index contributed by atoms with van der Waals surface area (Å²) >= 11 is 0.